The monoisotopic (exact) mass is 291 g/mol. The minimum atomic E-state index is -4.44. The van der Waals surface area contributed by atoms with E-state index < -0.39 is 36.3 Å². The second-order valence-corrected chi connectivity index (χ2v) is 4.03. The number of alkyl halides is 3. The first kappa shape index (κ1) is 16.0. The highest BCUT2D eigenvalue weighted by Gasteiger charge is 2.29. The summed E-state index contributed by atoms with van der Waals surface area (Å²) in [5.41, 5.74) is -0.469. The van der Waals surface area contributed by atoms with Gasteiger partial charge in [-0.25, -0.2) is 4.79 Å². The van der Waals surface area contributed by atoms with Crippen molar-refractivity contribution in [2.75, 3.05) is 6.54 Å². The minimum Gasteiger partial charge on any atom is -0.479 e. The highest BCUT2D eigenvalue weighted by Crippen LogP contribution is 2.29. The van der Waals surface area contributed by atoms with E-state index in [1.165, 1.54) is 0 Å². The maximum atomic E-state index is 12.3. The molecule has 5 nitrogen and oxygen atoms in total. The molecule has 0 aliphatic carbocycles. The normalized spacial score (nSPS) is 12.8. The fourth-order valence-corrected chi connectivity index (χ4v) is 1.36. The number of aliphatic carboxylic acids is 1. The van der Waals surface area contributed by atoms with Crippen LogP contribution in [0.2, 0.25) is 0 Å². The quantitative estimate of drug-likeness (QED) is 0.749. The molecule has 0 radical (unpaired) electrons. The fraction of sp³-hybridized carbons (Fsp3) is 0.333. The van der Waals surface area contributed by atoms with Crippen LogP contribution in [-0.2, 0) is 22.2 Å². The van der Waals surface area contributed by atoms with Crippen molar-refractivity contribution in [2.24, 2.45) is 0 Å². The van der Waals surface area contributed by atoms with Crippen LogP contribution in [0.1, 0.15) is 11.1 Å². The summed E-state index contributed by atoms with van der Waals surface area (Å²) < 4.78 is 36.9. The van der Waals surface area contributed by atoms with E-state index >= 15 is 0 Å². The topological polar surface area (TPSA) is 86.6 Å². The van der Waals surface area contributed by atoms with Gasteiger partial charge in [0.1, 0.15) is 0 Å². The fourth-order valence-electron chi connectivity index (χ4n) is 1.36. The third-order valence-corrected chi connectivity index (χ3v) is 2.42. The molecule has 1 atom stereocenters. The molecule has 8 heteroatoms. The summed E-state index contributed by atoms with van der Waals surface area (Å²) >= 11 is 0. The average molecular weight is 291 g/mol. The van der Waals surface area contributed by atoms with Crippen molar-refractivity contribution in [3.63, 3.8) is 0 Å². The first-order chi connectivity index (χ1) is 9.20. The average Bonchev–Trinajstić information content (AvgIpc) is 2.35. The summed E-state index contributed by atoms with van der Waals surface area (Å²) in [7, 11) is 0. The van der Waals surface area contributed by atoms with E-state index in [4.69, 9.17) is 10.2 Å². The van der Waals surface area contributed by atoms with Crippen molar-refractivity contribution >= 4 is 11.9 Å². The predicted molar refractivity (Wildman–Crippen MR) is 61.8 cm³/mol. The lowest BCUT2D eigenvalue weighted by Crippen LogP contribution is -2.37. The molecule has 20 heavy (non-hydrogen) atoms. The maximum Gasteiger partial charge on any atom is 0.416 e. The number of carboxylic acid groups (broad SMARTS) is 1. The lowest BCUT2D eigenvalue weighted by molar-refractivity contribution is -0.146. The van der Waals surface area contributed by atoms with E-state index in [1.807, 2.05) is 0 Å². The third kappa shape index (κ3) is 4.88. The molecule has 0 saturated carbocycles. The lowest BCUT2D eigenvalue weighted by Gasteiger charge is -2.09. The molecular weight excluding hydrogens is 279 g/mol. The Morgan fingerprint density at radius 3 is 2.20 bits per heavy atom. The summed E-state index contributed by atoms with van der Waals surface area (Å²) in [4.78, 5) is 21.7. The van der Waals surface area contributed by atoms with Crippen LogP contribution < -0.4 is 5.32 Å². The molecule has 1 aromatic rings. The van der Waals surface area contributed by atoms with Gasteiger partial charge < -0.3 is 15.5 Å². The molecule has 110 valence electrons. The minimum absolute atomic E-state index is 0.204. The highest BCUT2D eigenvalue weighted by molar-refractivity contribution is 5.79. The number of aliphatic hydroxyl groups excluding tert-OH is 1. The van der Waals surface area contributed by atoms with Crippen molar-refractivity contribution in [1.29, 1.82) is 0 Å². The standard InChI is InChI=1S/C12H12F3NO4/c13-12(14,15)8-3-1-7(2-4-8)5-10(18)16-6-9(17)11(19)20/h1-4,9,17H,5-6H2,(H,16,18)(H,19,20). The first-order valence-electron chi connectivity index (χ1n) is 5.54. The molecule has 1 unspecified atom stereocenters. The zero-order valence-corrected chi connectivity index (χ0v) is 10.1. The van der Waals surface area contributed by atoms with Crippen LogP contribution in [0, 0.1) is 0 Å². The molecule has 0 saturated heterocycles. The molecule has 0 aromatic heterocycles. The second-order valence-electron chi connectivity index (χ2n) is 4.03. The van der Waals surface area contributed by atoms with Crippen molar-refractivity contribution in [3.05, 3.63) is 35.4 Å². The van der Waals surface area contributed by atoms with Crippen molar-refractivity contribution in [1.82, 2.24) is 5.32 Å². The van der Waals surface area contributed by atoms with Gasteiger partial charge in [-0.3, -0.25) is 4.79 Å². The van der Waals surface area contributed by atoms with Gasteiger partial charge in [0.05, 0.1) is 18.5 Å². The molecule has 0 aliphatic rings. The van der Waals surface area contributed by atoms with Gasteiger partial charge in [-0.2, -0.15) is 13.2 Å². The van der Waals surface area contributed by atoms with Crippen molar-refractivity contribution in [2.45, 2.75) is 18.7 Å². The van der Waals surface area contributed by atoms with Crippen LogP contribution in [-0.4, -0.2) is 34.7 Å². The van der Waals surface area contributed by atoms with Crippen molar-refractivity contribution in [3.8, 4) is 0 Å². The number of halogens is 3. The SMILES string of the molecule is O=C(Cc1ccc(C(F)(F)F)cc1)NCC(O)C(=O)O. The molecule has 0 spiro atoms. The number of aliphatic hydroxyl groups is 1. The Morgan fingerprint density at radius 2 is 1.75 bits per heavy atom. The van der Waals surface area contributed by atoms with E-state index in [0.717, 1.165) is 24.3 Å². The summed E-state index contributed by atoms with van der Waals surface area (Å²) in [6.07, 6.45) is -6.36. The van der Waals surface area contributed by atoms with E-state index in [0.29, 0.717) is 5.56 Å². The van der Waals surface area contributed by atoms with Gasteiger partial charge in [0.2, 0.25) is 5.91 Å². The summed E-state index contributed by atoms with van der Waals surface area (Å²) in [5, 5.41) is 19.5. The van der Waals surface area contributed by atoms with Crippen LogP contribution in [0.5, 0.6) is 0 Å². The number of nitrogens with one attached hydrogen (secondary N) is 1. The zero-order chi connectivity index (χ0) is 15.3. The van der Waals surface area contributed by atoms with Gasteiger partial charge in [-0.15, -0.1) is 0 Å². The number of rotatable bonds is 5. The van der Waals surface area contributed by atoms with Gasteiger partial charge in [0.25, 0.3) is 0 Å². The highest BCUT2D eigenvalue weighted by atomic mass is 19.4. The Hall–Kier alpha value is -2.09. The number of hydrogen-bond donors (Lipinski definition) is 3. The zero-order valence-electron chi connectivity index (χ0n) is 10.1. The Morgan fingerprint density at radius 1 is 1.20 bits per heavy atom. The number of hydrogen-bond acceptors (Lipinski definition) is 3. The van der Waals surface area contributed by atoms with E-state index in [1.54, 1.807) is 0 Å². The number of carboxylic acids is 1. The Bertz CT molecular complexity index is 484. The molecule has 1 aromatic carbocycles. The van der Waals surface area contributed by atoms with E-state index in [2.05, 4.69) is 5.32 Å². The number of carbonyl (C=O) groups excluding carboxylic acids is 1. The van der Waals surface area contributed by atoms with Crippen molar-refractivity contribution < 1.29 is 33.0 Å². The van der Waals surface area contributed by atoms with Crippen LogP contribution in [0.4, 0.5) is 13.2 Å². The molecule has 0 bridgehead atoms. The molecule has 0 fully saturated rings. The molecular formula is C12H12F3NO4. The smallest absolute Gasteiger partial charge is 0.416 e. The van der Waals surface area contributed by atoms with Gasteiger partial charge in [0.15, 0.2) is 6.10 Å². The van der Waals surface area contributed by atoms with Gasteiger partial charge >= 0.3 is 12.1 Å². The molecule has 0 heterocycles. The summed E-state index contributed by atoms with van der Waals surface area (Å²) in [6, 6.07) is 4.04. The Kier molecular flexibility index (Phi) is 5.09. The van der Waals surface area contributed by atoms with E-state index in [9.17, 15) is 22.8 Å². The largest absolute Gasteiger partial charge is 0.479 e. The molecule has 1 rings (SSSR count). The molecule has 0 aliphatic heterocycles. The second kappa shape index (κ2) is 6.38. The van der Waals surface area contributed by atoms with E-state index in [-0.39, 0.29) is 6.42 Å². The summed E-state index contributed by atoms with van der Waals surface area (Å²) in [5.74, 6) is -2.06. The lowest BCUT2D eigenvalue weighted by atomic mass is 10.1. The number of amides is 1. The number of carbonyl (C=O) groups is 2. The first-order valence-corrected chi connectivity index (χ1v) is 5.54. The third-order valence-electron chi connectivity index (χ3n) is 2.42. The van der Waals surface area contributed by atoms with Gasteiger partial charge in [-0.1, -0.05) is 12.1 Å². The van der Waals surface area contributed by atoms with Gasteiger partial charge in [0, 0.05) is 0 Å². The molecule has 3 N–H and O–H groups in total. The van der Waals surface area contributed by atoms with Crippen LogP contribution in [0.3, 0.4) is 0 Å². The summed E-state index contributed by atoms with van der Waals surface area (Å²) in [6.45, 7) is -0.463. The molecule has 1 amide bonds. The predicted octanol–water partition coefficient (Wildman–Crippen LogP) is 0.810. The maximum absolute atomic E-state index is 12.3. The van der Waals surface area contributed by atoms with Gasteiger partial charge in [-0.05, 0) is 17.7 Å². The Balaban J connectivity index is 2.53. The van der Waals surface area contributed by atoms with Crippen LogP contribution in [0.25, 0.3) is 0 Å². The number of benzene rings is 1. The Labute approximate surface area is 112 Å². The van der Waals surface area contributed by atoms with Crippen LogP contribution in [0.15, 0.2) is 24.3 Å². The van der Waals surface area contributed by atoms with Crippen LogP contribution >= 0.6 is 0 Å².